The summed E-state index contributed by atoms with van der Waals surface area (Å²) in [6.07, 6.45) is 2.99. The molecule has 1 aromatic carbocycles. The second kappa shape index (κ2) is 3.93. The van der Waals surface area contributed by atoms with Gasteiger partial charge in [-0.2, -0.15) is 5.26 Å². The van der Waals surface area contributed by atoms with E-state index in [1.807, 2.05) is 6.07 Å². The Kier molecular flexibility index (Phi) is 2.89. The minimum atomic E-state index is 0.176. The van der Waals surface area contributed by atoms with Crippen molar-refractivity contribution in [2.75, 3.05) is 0 Å². The lowest BCUT2D eigenvalue weighted by atomic mass is 10.2. The van der Waals surface area contributed by atoms with Crippen molar-refractivity contribution in [2.24, 2.45) is 0 Å². The first-order valence-electron chi connectivity index (χ1n) is 3.29. The highest BCUT2D eigenvalue weighted by molar-refractivity contribution is 9.10. The summed E-state index contributed by atoms with van der Waals surface area (Å²) in [5.41, 5.74) is 0.788. The van der Waals surface area contributed by atoms with E-state index in [0.29, 0.717) is 4.47 Å². The number of aromatic hydroxyl groups is 1. The van der Waals surface area contributed by atoms with Gasteiger partial charge >= 0.3 is 0 Å². The van der Waals surface area contributed by atoms with E-state index >= 15 is 0 Å². The summed E-state index contributed by atoms with van der Waals surface area (Å²) in [6.45, 7) is 0. The van der Waals surface area contributed by atoms with Crippen molar-refractivity contribution in [2.45, 2.75) is 0 Å². The maximum absolute atomic E-state index is 9.24. The smallest absolute Gasteiger partial charge is 0.130 e. The Labute approximate surface area is 78.9 Å². The molecule has 0 fully saturated rings. The maximum atomic E-state index is 9.24. The summed E-state index contributed by atoms with van der Waals surface area (Å²) in [7, 11) is 0. The van der Waals surface area contributed by atoms with Gasteiger partial charge in [-0.25, -0.2) is 0 Å². The summed E-state index contributed by atoms with van der Waals surface area (Å²) in [5, 5.41) is 17.5. The summed E-state index contributed by atoms with van der Waals surface area (Å²) in [5.74, 6) is 0.176. The van der Waals surface area contributed by atoms with Gasteiger partial charge in [0.25, 0.3) is 0 Å². The van der Waals surface area contributed by atoms with Crippen LogP contribution < -0.4 is 0 Å². The number of nitriles is 1. The van der Waals surface area contributed by atoms with Crippen molar-refractivity contribution in [3.63, 3.8) is 0 Å². The van der Waals surface area contributed by atoms with Gasteiger partial charge in [0.1, 0.15) is 5.75 Å². The second-order valence-electron chi connectivity index (χ2n) is 2.14. The maximum Gasteiger partial charge on any atom is 0.130 e. The Morgan fingerprint density at radius 1 is 1.50 bits per heavy atom. The third kappa shape index (κ3) is 1.86. The zero-order chi connectivity index (χ0) is 8.97. The van der Waals surface area contributed by atoms with Crippen molar-refractivity contribution in [3.05, 3.63) is 34.3 Å². The van der Waals surface area contributed by atoms with E-state index < -0.39 is 0 Å². The Bertz CT molecular complexity index is 352. The van der Waals surface area contributed by atoms with Gasteiger partial charge in [0.2, 0.25) is 0 Å². The average molecular weight is 224 g/mol. The Hall–Kier alpha value is -1.27. The lowest BCUT2D eigenvalue weighted by Gasteiger charge is -1.99. The van der Waals surface area contributed by atoms with Crippen molar-refractivity contribution in [1.82, 2.24) is 0 Å². The van der Waals surface area contributed by atoms with Crippen LogP contribution in [0.5, 0.6) is 5.75 Å². The highest BCUT2D eigenvalue weighted by Crippen LogP contribution is 2.27. The van der Waals surface area contributed by atoms with Gasteiger partial charge in [-0.1, -0.05) is 12.1 Å². The molecular formula is C9H6BrNO. The molecule has 3 heteroatoms. The van der Waals surface area contributed by atoms with Crippen LogP contribution in [-0.2, 0) is 0 Å². The molecule has 0 amide bonds. The van der Waals surface area contributed by atoms with Gasteiger partial charge < -0.3 is 5.11 Å². The molecule has 0 heterocycles. The molecule has 0 radical (unpaired) electrons. The quantitative estimate of drug-likeness (QED) is 0.745. The first kappa shape index (κ1) is 8.82. The fourth-order valence-corrected chi connectivity index (χ4v) is 1.19. The molecule has 0 aliphatic rings. The number of hydrogen-bond acceptors (Lipinski definition) is 2. The SMILES string of the molecule is N#CC=Cc1cccc(O)c1Br. The highest BCUT2D eigenvalue weighted by Gasteiger charge is 1.99. The van der Waals surface area contributed by atoms with E-state index in [1.54, 1.807) is 24.3 Å². The molecule has 0 bridgehead atoms. The van der Waals surface area contributed by atoms with Gasteiger partial charge in [0.15, 0.2) is 0 Å². The van der Waals surface area contributed by atoms with Crippen LogP contribution in [0.1, 0.15) is 5.56 Å². The summed E-state index contributed by atoms with van der Waals surface area (Å²) in [6, 6.07) is 6.98. The van der Waals surface area contributed by atoms with Crippen LogP contribution in [0.15, 0.2) is 28.7 Å². The molecule has 0 aromatic heterocycles. The van der Waals surface area contributed by atoms with Gasteiger partial charge in [0, 0.05) is 6.08 Å². The molecule has 2 nitrogen and oxygen atoms in total. The Balaban J connectivity index is 3.10. The summed E-state index contributed by atoms with van der Waals surface area (Å²) >= 11 is 3.20. The summed E-state index contributed by atoms with van der Waals surface area (Å²) in [4.78, 5) is 0. The number of halogens is 1. The number of benzene rings is 1. The highest BCUT2D eigenvalue weighted by atomic mass is 79.9. The number of phenolic OH excluding ortho intramolecular Hbond substituents is 1. The number of nitrogens with zero attached hydrogens (tertiary/aromatic N) is 1. The zero-order valence-corrected chi connectivity index (χ0v) is 7.75. The van der Waals surface area contributed by atoms with Crippen molar-refractivity contribution < 1.29 is 5.11 Å². The normalized spacial score (nSPS) is 10.0. The molecule has 12 heavy (non-hydrogen) atoms. The Morgan fingerprint density at radius 2 is 2.25 bits per heavy atom. The minimum Gasteiger partial charge on any atom is -0.507 e. The molecule has 60 valence electrons. The predicted molar refractivity (Wildman–Crippen MR) is 50.5 cm³/mol. The molecule has 0 aliphatic heterocycles. The molecule has 0 spiro atoms. The molecule has 1 aromatic rings. The molecule has 0 saturated heterocycles. The predicted octanol–water partition coefficient (Wildman–Crippen LogP) is 2.69. The number of allylic oxidation sites excluding steroid dienone is 1. The van der Waals surface area contributed by atoms with Crippen LogP contribution in [0, 0.1) is 11.3 Å². The van der Waals surface area contributed by atoms with Gasteiger partial charge in [0.05, 0.1) is 10.5 Å². The molecule has 0 saturated carbocycles. The number of hydrogen-bond donors (Lipinski definition) is 1. The van der Waals surface area contributed by atoms with Crippen molar-refractivity contribution >= 4 is 22.0 Å². The van der Waals surface area contributed by atoms with E-state index in [2.05, 4.69) is 15.9 Å². The third-order valence-corrected chi connectivity index (χ3v) is 2.21. The van der Waals surface area contributed by atoms with E-state index in [9.17, 15) is 5.11 Å². The first-order chi connectivity index (χ1) is 5.75. The van der Waals surface area contributed by atoms with Crippen LogP contribution in [0.25, 0.3) is 6.08 Å². The first-order valence-corrected chi connectivity index (χ1v) is 4.08. The van der Waals surface area contributed by atoms with Gasteiger partial charge in [-0.15, -0.1) is 0 Å². The monoisotopic (exact) mass is 223 g/mol. The minimum absolute atomic E-state index is 0.176. The second-order valence-corrected chi connectivity index (χ2v) is 2.94. The zero-order valence-electron chi connectivity index (χ0n) is 6.16. The standard InChI is InChI=1S/C9H6BrNO/c10-9-7(4-2-6-11)3-1-5-8(9)12/h1-5,12H. The molecule has 1 N–H and O–H groups in total. The van der Waals surface area contributed by atoms with Crippen LogP contribution in [0.2, 0.25) is 0 Å². The van der Waals surface area contributed by atoms with E-state index in [0.717, 1.165) is 5.56 Å². The Morgan fingerprint density at radius 3 is 2.92 bits per heavy atom. The molecule has 1 rings (SSSR count). The van der Waals surface area contributed by atoms with E-state index in [4.69, 9.17) is 5.26 Å². The fourth-order valence-electron chi connectivity index (χ4n) is 0.793. The largest absolute Gasteiger partial charge is 0.507 e. The molecule has 0 aliphatic carbocycles. The molecule has 0 unspecified atom stereocenters. The van der Waals surface area contributed by atoms with Crippen molar-refractivity contribution in [1.29, 1.82) is 5.26 Å². The van der Waals surface area contributed by atoms with Crippen LogP contribution in [0.3, 0.4) is 0 Å². The topological polar surface area (TPSA) is 44.0 Å². The lowest BCUT2D eigenvalue weighted by Crippen LogP contribution is -1.75. The average Bonchev–Trinajstić information content (AvgIpc) is 2.08. The van der Waals surface area contributed by atoms with Crippen LogP contribution >= 0.6 is 15.9 Å². The van der Waals surface area contributed by atoms with Gasteiger partial charge in [-0.05, 0) is 33.6 Å². The van der Waals surface area contributed by atoms with Crippen LogP contribution in [0.4, 0.5) is 0 Å². The van der Waals surface area contributed by atoms with Crippen LogP contribution in [-0.4, -0.2) is 5.11 Å². The number of rotatable bonds is 1. The third-order valence-electron chi connectivity index (χ3n) is 1.35. The van der Waals surface area contributed by atoms with Crippen molar-refractivity contribution in [3.8, 4) is 11.8 Å². The lowest BCUT2D eigenvalue weighted by molar-refractivity contribution is 0.472. The number of phenols is 1. The summed E-state index contributed by atoms with van der Waals surface area (Å²) < 4.78 is 0.608. The molecular weight excluding hydrogens is 218 g/mol. The van der Waals surface area contributed by atoms with E-state index in [-0.39, 0.29) is 5.75 Å². The van der Waals surface area contributed by atoms with Gasteiger partial charge in [-0.3, -0.25) is 0 Å². The molecule has 0 atom stereocenters. The fraction of sp³-hybridized carbons (Fsp3) is 0. The van der Waals surface area contributed by atoms with E-state index in [1.165, 1.54) is 6.08 Å².